The highest BCUT2D eigenvalue weighted by Gasteiger charge is 2.39. The summed E-state index contributed by atoms with van der Waals surface area (Å²) in [6.45, 7) is -0.431. The second kappa shape index (κ2) is 6.21. The van der Waals surface area contributed by atoms with Gasteiger partial charge in [0.15, 0.2) is 12.3 Å². The fourth-order valence-corrected chi connectivity index (χ4v) is 3.02. The Balaban J connectivity index is 2.20. The van der Waals surface area contributed by atoms with Crippen LogP contribution in [0.15, 0.2) is 12.1 Å². The first-order valence-electron chi connectivity index (χ1n) is 7.15. The molecule has 1 aliphatic heterocycles. The predicted molar refractivity (Wildman–Crippen MR) is 85.3 cm³/mol. The van der Waals surface area contributed by atoms with E-state index in [0.29, 0.717) is 4.68 Å². The number of carbonyl (C=O) groups excluding carboxylic acids is 1. The number of amides is 1. The van der Waals surface area contributed by atoms with Crippen LogP contribution in [-0.2, 0) is 18.0 Å². The Hall–Kier alpha value is -2.73. The lowest BCUT2D eigenvalue weighted by molar-refractivity contribution is -0.143. The van der Waals surface area contributed by atoms with Crippen molar-refractivity contribution in [1.29, 1.82) is 0 Å². The van der Waals surface area contributed by atoms with Crippen molar-refractivity contribution >= 4 is 23.2 Å². The third-order valence-corrected chi connectivity index (χ3v) is 4.11. The zero-order valence-electron chi connectivity index (χ0n) is 13.2. The Bertz CT molecular complexity index is 946. The number of carbonyl (C=O) groups is 1. The molecule has 0 N–H and O–H groups in total. The van der Waals surface area contributed by atoms with Crippen LogP contribution in [-0.4, -0.2) is 28.8 Å². The first kappa shape index (κ1) is 18.1. The Morgan fingerprint density at radius 1 is 1.42 bits per heavy atom. The summed E-state index contributed by atoms with van der Waals surface area (Å²) in [4.78, 5) is 13.1. The number of rotatable bonds is 2. The number of fused-ring (bicyclic) bond motifs is 1. The van der Waals surface area contributed by atoms with Crippen molar-refractivity contribution in [3.8, 4) is 29.4 Å². The number of halogens is 5. The minimum Gasteiger partial charge on any atom is -0.481 e. The molecular formula is C16H10ClF4N3O2. The summed E-state index contributed by atoms with van der Waals surface area (Å²) in [7, 11) is 1.05. The van der Waals surface area contributed by atoms with E-state index in [9.17, 15) is 22.4 Å². The van der Waals surface area contributed by atoms with E-state index in [1.165, 1.54) is 4.90 Å². The first-order chi connectivity index (χ1) is 12.1. The van der Waals surface area contributed by atoms with Gasteiger partial charge in [0, 0.05) is 18.7 Å². The lowest BCUT2D eigenvalue weighted by atomic mass is 10.1. The van der Waals surface area contributed by atoms with Crippen LogP contribution in [0.25, 0.3) is 11.3 Å². The summed E-state index contributed by atoms with van der Waals surface area (Å²) in [5, 5.41) is 2.94. The standard InChI is InChI=1S/C16H10ClF4N3O2/c1-3-4-24-10-5-8(9(18)6-11(10)26-7-12(24)25)14-13(17)15(16(19,20)21)23(2)22-14/h1,5-6H,4,7H2,2H3. The lowest BCUT2D eigenvalue weighted by Crippen LogP contribution is -2.39. The molecule has 136 valence electrons. The summed E-state index contributed by atoms with van der Waals surface area (Å²) in [6, 6.07) is 2.10. The Morgan fingerprint density at radius 3 is 2.69 bits per heavy atom. The van der Waals surface area contributed by atoms with Crippen molar-refractivity contribution in [3.63, 3.8) is 0 Å². The number of aromatic nitrogens is 2. The minimum absolute atomic E-state index is 0.0456. The van der Waals surface area contributed by atoms with Gasteiger partial charge in [0.25, 0.3) is 5.91 Å². The summed E-state index contributed by atoms with van der Waals surface area (Å²) in [6.07, 6.45) is 0.465. The second-order valence-electron chi connectivity index (χ2n) is 5.41. The van der Waals surface area contributed by atoms with Crippen molar-refractivity contribution < 1.29 is 27.1 Å². The van der Waals surface area contributed by atoms with Gasteiger partial charge in [-0.3, -0.25) is 14.4 Å². The molecule has 0 radical (unpaired) electrons. The molecule has 0 saturated carbocycles. The lowest BCUT2D eigenvalue weighted by Gasteiger charge is -2.28. The largest absolute Gasteiger partial charge is 0.481 e. The summed E-state index contributed by atoms with van der Waals surface area (Å²) in [5.74, 6) is 0.976. The van der Waals surface area contributed by atoms with Crippen molar-refractivity contribution in [2.45, 2.75) is 6.18 Å². The number of nitrogens with zero attached hydrogens (tertiary/aromatic N) is 3. The van der Waals surface area contributed by atoms with Crippen LogP contribution in [0.3, 0.4) is 0 Å². The van der Waals surface area contributed by atoms with E-state index in [4.69, 9.17) is 22.8 Å². The molecule has 0 atom stereocenters. The number of anilines is 1. The van der Waals surface area contributed by atoms with E-state index in [1.54, 1.807) is 0 Å². The van der Waals surface area contributed by atoms with Gasteiger partial charge in [-0.2, -0.15) is 18.3 Å². The zero-order valence-corrected chi connectivity index (χ0v) is 14.0. The third kappa shape index (κ3) is 2.86. The summed E-state index contributed by atoms with van der Waals surface area (Å²) >= 11 is 5.82. The molecule has 0 bridgehead atoms. The van der Waals surface area contributed by atoms with Gasteiger partial charge in [0.05, 0.1) is 17.3 Å². The van der Waals surface area contributed by atoms with Crippen molar-refractivity contribution in [1.82, 2.24) is 9.78 Å². The first-order valence-corrected chi connectivity index (χ1v) is 7.53. The number of terminal acetylenes is 1. The molecule has 1 aromatic carbocycles. The van der Waals surface area contributed by atoms with E-state index in [1.807, 2.05) is 0 Å². The molecule has 0 saturated heterocycles. The van der Waals surface area contributed by atoms with Crippen LogP contribution in [0, 0.1) is 18.2 Å². The number of benzene rings is 1. The van der Waals surface area contributed by atoms with Gasteiger partial charge < -0.3 is 4.74 Å². The van der Waals surface area contributed by atoms with E-state index in [0.717, 1.165) is 19.2 Å². The number of ether oxygens (including phenoxy) is 1. The van der Waals surface area contributed by atoms with Crippen LogP contribution in [0.1, 0.15) is 5.69 Å². The maximum absolute atomic E-state index is 14.5. The van der Waals surface area contributed by atoms with Crippen molar-refractivity contribution in [3.05, 3.63) is 28.7 Å². The maximum Gasteiger partial charge on any atom is 0.434 e. The normalized spacial score (nSPS) is 14.0. The molecule has 5 nitrogen and oxygen atoms in total. The Labute approximate surface area is 150 Å². The number of hydrogen-bond donors (Lipinski definition) is 0. The molecule has 0 unspecified atom stereocenters. The highest BCUT2D eigenvalue weighted by atomic mass is 35.5. The van der Waals surface area contributed by atoms with Gasteiger partial charge in [-0.1, -0.05) is 17.5 Å². The van der Waals surface area contributed by atoms with Crippen LogP contribution in [0.2, 0.25) is 5.02 Å². The molecule has 0 aliphatic carbocycles. The van der Waals surface area contributed by atoms with E-state index in [2.05, 4.69) is 11.0 Å². The number of alkyl halides is 3. The van der Waals surface area contributed by atoms with Gasteiger partial charge >= 0.3 is 6.18 Å². The molecule has 3 rings (SSSR count). The average molecular weight is 388 g/mol. The van der Waals surface area contributed by atoms with Crippen LogP contribution >= 0.6 is 11.6 Å². The molecule has 1 aromatic heterocycles. The fourth-order valence-electron chi connectivity index (χ4n) is 2.65. The van der Waals surface area contributed by atoms with Gasteiger partial charge in [-0.05, 0) is 6.07 Å². The maximum atomic E-state index is 14.5. The smallest absolute Gasteiger partial charge is 0.434 e. The van der Waals surface area contributed by atoms with Crippen molar-refractivity contribution in [2.75, 3.05) is 18.1 Å². The number of aryl methyl sites for hydroxylation is 1. The Kier molecular flexibility index (Phi) is 4.32. The van der Waals surface area contributed by atoms with Gasteiger partial charge in [-0.15, -0.1) is 6.42 Å². The minimum atomic E-state index is -4.77. The highest BCUT2D eigenvalue weighted by Crippen LogP contribution is 2.43. The van der Waals surface area contributed by atoms with Gasteiger partial charge in [0.2, 0.25) is 0 Å². The van der Waals surface area contributed by atoms with Crippen LogP contribution in [0.4, 0.5) is 23.2 Å². The molecule has 1 aliphatic rings. The topological polar surface area (TPSA) is 47.4 Å². The van der Waals surface area contributed by atoms with Gasteiger partial charge in [0.1, 0.15) is 17.3 Å². The monoisotopic (exact) mass is 387 g/mol. The average Bonchev–Trinajstić information content (AvgIpc) is 2.84. The molecule has 0 fully saturated rings. The molecular weight excluding hydrogens is 378 g/mol. The quantitative estimate of drug-likeness (QED) is 0.587. The molecule has 2 heterocycles. The SMILES string of the molecule is C#CCN1C(=O)COc2cc(F)c(-c3nn(C)c(C(F)(F)F)c3Cl)cc21. The summed E-state index contributed by atoms with van der Waals surface area (Å²) in [5.41, 5.74) is -1.79. The van der Waals surface area contributed by atoms with Gasteiger partial charge in [-0.25, -0.2) is 4.39 Å². The van der Waals surface area contributed by atoms with Crippen LogP contribution < -0.4 is 9.64 Å². The molecule has 26 heavy (non-hydrogen) atoms. The molecule has 1 amide bonds. The second-order valence-corrected chi connectivity index (χ2v) is 5.78. The number of hydrogen-bond acceptors (Lipinski definition) is 3. The zero-order chi connectivity index (χ0) is 19.2. The highest BCUT2D eigenvalue weighted by molar-refractivity contribution is 6.33. The summed E-state index contributed by atoms with van der Waals surface area (Å²) < 4.78 is 59.4. The third-order valence-electron chi connectivity index (χ3n) is 3.75. The van der Waals surface area contributed by atoms with E-state index in [-0.39, 0.29) is 30.2 Å². The molecule has 10 heteroatoms. The van der Waals surface area contributed by atoms with Crippen molar-refractivity contribution in [2.24, 2.45) is 7.05 Å². The predicted octanol–water partition coefficient (Wildman–Crippen LogP) is 3.26. The molecule has 2 aromatic rings. The Morgan fingerprint density at radius 2 is 2.12 bits per heavy atom. The van der Waals surface area contributed by atoms with E-state index >= 15 is 0 Å². The van der Waals surface area contributed by atoms with Crippen LogP contribution in [0.5, 0.6) is 5.75 Å². The molecule has 0 spiro atoms. The van der Waals surface area contributed by atoms with E-state index < -0.39 is 34.3 Å². The fraction of sp³-hybridized carbons (Fsp3) is 0.250.